The van der Waals surface area contributed by atoms with Crippen molar-refractivity contribution in [3.8, 4) is 5.75 Å². The largest absolute Gasteiger partial charge is 0.497 e. The number of rotatable bonds is 9. The van der Waals surface area contributed by atoms with Crippen molar-refractivity contribution in [2.75, 3.05) is 12.8 Å². The minimum absolute atomic E-state index is 0.00267. The van der Waals surface area contributed by atoms with Gasteiger partial charge in [-0.2, -0.15) is 5.10 Å². The normalized spacial score (nSPS) is 11.6. The minimum Gasteiger partial charge on any atom is -0.497 e. The third-order valence-corrected chi connectivity index (χ3v) is 5.21. The van der Waals surface area contributed by atoms with E-state index in [1.54, 1.807) is 67.8 Å². The van der Waals surface area contributed by atoms with Crippen LogP contribution < -0.4 is 21.2 Å². The van der Waals surface area contributed by atoms with Crippen LogP contribution in [0.15, 0.2) is 95.7 Å². The number of tetrazole rings is 1. The lowest BCUT2D eigenvalue weighted by molar-refractivity contribution is -0.117. The molecule has 0 radical (unpaired) electrons. The number of hydrogen-bond acceptors (Lipinski definition) is 8. The summed E-state index contributed by atoms with van der Waals surface area (Å²) in [7, 11) is 1.56. The SMILES string of the molecule is COc1ccc(/C=C(\NC(=O)c2ccccc2)C(=O)NN=C(Cn2nnnc2N)c2ccccc2)cc1. The quantitative estimate of drug-likeness (QED) is 0.183. The highest BCUT2D eigenvalue weighted by atomic mass is 16.5. The molecule has 11 nitrogen and oxygen atoms in total. The Morgan fingerprint density at radius 1 is 0.973 bits per heavy atom. The number of methoxy groups -OCH3 is 1. The number of nitrogens with one attached hydrogen (secondary N) is 2. The molecule has 0 spiro atoms. The Morgan fingerprint density at radius 3 is 2.22 bits per heavy atom. The molecule has 37 heavy (non-hydrogen) atoms. The maximum atomic E-state index is 13.2. The van der Waals surface area contributed by atoms with Crippen molar-refractivity contribution in [3.63, 3.8) is 0 Å². The molecule has 0 unspecified atom stereocenters. The van der Waals surface area contributed by atoms with Crippen LogP contribution in [0.2, 0.25) is 0 Å². The van der Waals surface area contributed by atoms with Crippen LogP contribution in [0.5, 0.6) is 5.75 Å². The molecule has 4 rings (SSSR count). The van der Waals surface area contributed by atoms with Gasteiger partial charge in [0.25, 0.3) is 11.8 Å². The van der Waals surface area contributed by atoms with Gasteiger partial charge in [-0.3, -0.25) is 9.59 Å². The van der Waals surface area contributed by atoms with Crippen LogP contribution >= 0.6 is 0 Å². The van der Waals surface area contributed by atoms with Crippen molar-refractivity contribution in [1.29, 1.82) is 0 Å². The van der Waals surface area contributed by atoms with E-state index in [0.717, 1.165) is 5.56 Å². The third-order valence-electron chi connectivity index (χ3n) is 5.21. The molecular weight excluding hydrogens is 472 g/mol. The first kappa shape index (κ1) is 24.8. The van der Waals surface area contributed by atoms with Gasteiger partial charge >= 0.3 is 0 Å². The number of nitrogen functional groups attached to an aromatic ring is 1. The highest BCUT2D eigenvalue weighted by Crippen LogP contribution is 2.14. The van der Waals surface area contributed by atoms with Gasteiger partial charge in [0.2, 0.25) is 5.95 Å². The van der Waals surface area contributed by atoms with Crippen LogP contribution in [-0.4, -0.2) is 44.8 Å². The molecule has 0 aliphatic rings. The van der Waals surface area contributed by atoms with E-state index >= 15 is 0 Å². The topological polar surface area (TPSA) is 149 Å². The monoisotopic (exact) mass is 496 g/mol. The number of aromatic nitrogens is 4. The van der Waals surface area contributed by atoms with Crippen molar-refractivity contribution >= 4 is 29.6 Å². The number of amides is 2. The summed E-state index contributed by atoms with van der Waals surface area (Å²) in [5, 5.41) is 18.1. The molecule has 0 atom stereocenters. The number of anilines is 1. The molecule has 186 valence electrons. The number of nitrogens with two attached hydrogens (primary N) is 1. The highest BCUT2D eigenvalue weighted by Gasteiger charge is 2.16. The van der Waals surface area contributed by atoms with Gasteiger partial charge in [0.05, 0.1) is 19.4 Å². The molecule has 0 aliphatic heterocycles. The van der Waals surface area contributed by atoms with Crippen LogP contribution in [0.1, 0.15) is 21.5 Å². The van der Waals surface area contributed by atoms with E-state index in [-0.39, 0.29) is 18.2 Å². The molecule has 11 heteroatoms. The fourth-order valence-electron chi connectivity index (χ4n) is 3.28. The predicted molar refractivity (Wildman–Crippen MR) is 138 cm³/mol. The van der Waals surface area contributed by atoms with Gasteiger partial charge in [-0.25, -0.2) is 10.1 Å². The van der Waals surface area contributed by atoms with Crippen molar-refractivity contribution < 1.29 is 14.3 Å². The maximum Gasteiger partial charge on any atom is 0.287 e. The lowest BCUT2D eigenvalue weighted by Crippen LogP contribution is -2.33. The number of carbonyl (C=O) groups is 2. The summed E-state index contributed by atoms with van der Waals surface area (Å²) in [6.07, 6.45) is 1.55. The number of benzene rings is 3. The lowest BCUT2D eigenvalue weighted by Gasteiger charge is -2.11. The van der Waals surface area contributed by atoms with E-state index in [1.807, 2.05) is 30.3 Å². The number of hydrogen-bond donors (Lipinski definition) is 3. The Bertz CT molecular complexity index is 1420. The first-order valence-electron chi connectivity index (χ1n) is 11.2. The van der Waals surface area contributed by atoms with E-state index in [0.29, 0.717) is 22.6 Å². The summed E-state index contributed by atoms with van der Waals surface area (Å²) in [6, 6.07) is 24.8. The summed E-state index contributed by atoms with van der Waals surface area (Å²) in [5.41, 5.74) is 10.6. The fraction of sp³-hybridized carbons (Fsp3) is 0.0769. The summed E-state index contributed by atoms with van der Waals surface area (Å²) >= 11 is 0. The van der Waals surface area contributed by atoms with Crippen LogP contribution in [0.4, 0.5) is 5.95 Å². The Balaban J connectivity index is 1.62. The maximum absolute atomic E-state index is 13.2. The second kappa shape index (κ2) is 11.9. The predicted octanol–water partition coefficient (Wildman–Crippen LogP) is 2.26. The lowest BCUT2D eigenvalue weighted by atomic mass is 10.1. The molecule has 0 fully saturated rings. The second-order valence-electron chi connectivity index (χ2n) is 7.71. The van der Waals surface area contributed by atoms with Gasteiger partial charge in [0.15, 0.2) is 0 Å². The van der Waals surface area contributed by atoms with Gasteiger partial charge in [0.1, 0.15) is 11.4 Å². The van der Waals surface area contributed by atoms with E-state index in [9.17, 15) is 9.59 Å². The Hall–Kier alpha value is -5.32. The summed E-state index contributed by atoms with van der Waals surface area (Å²) < 4.78 is 6.54. The average molecular weight is 497 g/mol. The Kier molecular flexibility index (Phi) is 7.97. The number of hydrazone groups is 1. The van der Waals surface area contributed by atoms with E-state index in [1.165, 1.54) is 4.68 Å². The Morgan fingerprint density at radius 2 is 1.62 bits per heavy atom. The zero-order valence-corrected chi connectivity index (χ0v) is 19.9. The van der Waals surface area contributed by atoms with Gasteiger partial charge < -0.3 is 15.8 Å². The standard InChI is InChI=1S/C26H24N8O3/c1-37-21-14-12-18(13-15-21)16-22(28-24(35)20-10-6-3-7-11-20)25(36)30-29-23(19-8-4-2-5-9-19)17-34-26(27)31-32-33-34/h2-16H,17H2,1H3,(H,28,35)(H,30,36)(H2,27,31,33)/b22-16-,29-23?. The van der Waals surface area contributed by atoms with Crippen LogP contribution in [0.3, 0.4) is 0 Å². The summed E-state index contributed by atoms with van der Waals surface area (Å²) in [6.45, 7) is 0.108. The smallest absolute Gasteiger partial charge is 0.287 e. The van der Waals surface area contributed by atoms with E-state index in [4.69, 9.17) is 10.5 Å². The van der Waals surface area contributed by atoms with Gasteiger partial charge in [-0.1, -0.05) is 65.8 Å². The fourth-order valence-corrected chi connectivity index (χ4v) is 3.28. The molecule has 3 aromatic carbocycles. The highest BCUT2D eigenvalue weighted by molar-refractivity contribution is 6.06. The zero-order chi connectivity index (χ0) is 26.0. The molecule has 0 saturated heterocycles. The number of ether oxygens (including phenoxy) is 1. The first-order chi connectivity index (χ1) is 18.0. The molecule has 4 aromatic rings. The van der Waals surface area contributed by atoms with Crippen LogP contribution in [0.25, 0.3) is 6.08 Å². The number of nitrogens with zero attached hydrogens (tertiary/aromatic N) is 5. The first-order valence-corrected chi connectivity index (χ1v) is 11.2. The van der Waals surface area contributed by atoms with Crippen molar-refractivity contribution in [2.24, 2.45) is 5.10 Å². The molecule has 1 heterocycles. The van der Waals surface area contributed by atoms with Gasteiger partial charge in [-0.15, -0.1) is 0 Å². The van der Waals surface area contributed by atoms with E-state index in [2.05, 4.69) is 31.4 Å². The molecule has 0 saturated carbocycles. The van der Waals surface area contributed by atoms with Crippen molar-refractivity contribution in [1.82, 2.24) is 30.9 Å². The average Bonchev–Trinajstić information content (AvgIpc) is 3.35. The Labute approximate surface area is 212 Å². The molecule has 1 aromatic heterocycles. The van der Waals surface area contributed by atoms with Crippen molar-refractivity contribution in [3.05, 3.63) is 107 Å². The second-order valence-corrected chi connectivity index (χ2v) is 7.71. The van der Waals surface area contributed by atoms with E-state index < -0.39 is 11.8 Å². The molecular formula is C26H24N8O3. The molecule has 4 N–H and O–H groups in total. The number of carbonyl (C=O) groups excluding carboxylic acids is 2. The zero-order valence-electron chi connectivity index (χ0n) is 19.9. The minimum atomic E-state index is -0.627. The van der Waals surface area contributed by atoms with Gasteiger partial charge in [0, 0.05) is 5.56 Å². The van der Waals surface area contributed by atoms with Crippen LogP contribution in [-0.2, 0) is 11.3 Å². The molecule has 0 bridgehead atoms. The van der Waals surface area contributed by atoms with Crippen molar-refractivity contribution in [2.45, 2.75) is 6.54 Å². The molecule has 0 aliphatic carbocycles. The summed E-state index contributed by atoms with van der Waals surface area (Å²) in [5.74, 6) is -0.303. The summed E-state index contributed by atoms with van der Waals surface area (Å²) in [4.78, 5) is 26.1. The van der Waals surface area contributed by atoms with Crippen LogP contribution in [0, 0.1) is 0 Å². The molecule has 2 amide bonds. The van der Waals surface area contributed by atoms with Gasteiger partial charge in [-0.05, 0) is 51.9 Å². The third kappa shape index (κ3) is 6.63.